The van der Waals surface area contributed by atoms with Crippen LogP contribution in [-0.2, 0) is 0 Å². The molecule has 1 aromatic heterocycles. The summed E-state index contributed by atoms with van der Waals surface area (Å²) in [7, 11) is 0. The average Bonchev–Trinajstić information content (AvgIpc) is 2.65. The van der Waals surface area contributed by atoms with Crippen LogP contribution in [0.4, 0.5) is 0 Å². The predicted octanol–water partition coefficient (Wildman–Crippen LogP) is 1.05. The van der Waals surface area contributed by atoms with Crippen molar-refractivity contribution in [2.45, 2.75) is 13.0 Å². The third-order valence-corrected chi connectivity index (χ3v) is 3.26. The second kappa shape index (κ2) is 4.52. The number of rotatable bonds is 1. The van der Waals surface area contributed by atoms with Gasteiger partial charge in [-0.1, -0.05) is 0 Å². The number of H-pyrrole nitrogens is 1. The van der Waals surface area contributed by atoms with Crippen molar-refractivity contribution >= 4 is 28.5 Å². The van der Waals surface area contributed by atoms with Crippen molar-refractivity contribution in [2.24, 2.45) is 0 Å². The van der Waals surface area contributed by atoms with Crippen molar-refractivity contribution in [3.05, 3.63) is 21.5 Å². The zero-order chi connectivity index (χ0) is 10.8. The molecule has 0 saturated carbocycles. The third kappa shape index (κ3) is 2.34. The van der Waals surface area contributed by atoms with Crippen molar-refractivity contribution in [3.63, 3.8) is 0 Å². The maximum atomic E-state index is 12.1. The molecule has 15 heavy (non-hydrogen) atoms. The fourth-order valence-corrected chi connectivity index (χ4v) is 2.26. The molecule has 1 aliphatic heterocycles. The van der Waals surface area contributed by atoms with E-state index < -0.39 is 0 Å². The monoisotopic (exact) mass is 319 g/mol. The maximum absolute atomic E-state index is 12.1. The Labute approximate surface area is 103 Å². The Morgan fingerprint density at radius 1 is 1.67 bits per heavy atom. The molecule has 1 amide bonds. The van der Waals surface area contributed by atoms with Crippen LogP contribution in [-0.4, -0.2) is 41.5 Å². The van der Waals surface area contributed by atoms with Gasteiger partial charge in [0.2, 0.25) is 0 Å². The second-order valence-electron chi connectivity index (χ2n) is 3.78. The number of carbonyl (C=O) groups excluding carboxylic acids is 1. The van der Waals surface area contributed by atoms with Crippen LogP contribution in [0.15, 0.2) is 12.3 Å². The number of halogens is 1. The van der Waals surface area contributed by atoms with Gasteiger partial charge in [-0.25, -0.2) is 0 Å². The molecule has 2 N–H and O–H groups in total. The highest BCUT2D eigenvalue weighted by Gasteiger charge is 2.24. The van der Waals surface area contributed by atoms with Crippen LogP contribution in [0.2, 0.25) is 0 Å². The van der Waals surface area contributed by atoms with E-state index >= 15 is 0 Å². The number of nitrogens with zero attached hydrogens (tertiary/aromatic N) is 1. The fourth-order valence-electron chi connectivity index (χ4n) is 1.79. The largest absolute Gasteiger partial charge is 0.356 e. The number of aromatic nitrogens is 1. The minimum absolute atomic E-state index is 0.104. The smallest absolute Gasteiger partial charge is 0.270 e. The number of carbonyl (C=O) groups is 1. The Kier molecular flexibility index (Phi) is 3.30. The number of aromatic amines is 1. The van der Waals surface area contributed by atoms with Crippen molar-refractivity contribution in [2.75, 3.05) is 19.6 Å². The van der Waals surface area contributed by atoms with Crippen LogP contribution >= 0.6 is 22.6 Å². The summed E-state index contributed by atoms with van der Waals surface area (Å²) in [6, 6.07) is 2.16. The summed E-state index contributed by atoms with van der Waals surface area (Å²) in [5, 5.41) is 3.27. The molecule has 4 nitrogen and oxygen atoms in total. The van der Waals surface area contributed by atoms with Crippen molar-refractivity contribution in [1.82, 2.24) is 15.2 Å². The molecule has 2 heterocycles. The van der Waals surface area contributed by atoms with E-state index in [1.807, 2.05) is 17.2 Å². The molecule has 0 bridgehead atoms. The molecule has 1 aromatic rings. The Morgan fingerprint density at radius 3 is 3.07 bits per heavy atom. The Bertz CT molecular complexity index is 363. The van der Waals surface area contributed by atoms with E-state index in [1.54, 1.807) is 0 Å². The molecule has 0 radical (unpaired) electrons. The second-order valence-corrected chi connectivity index (χ2v) is 5.03. The summed E-state index contributed by atoms with van der Waals surface area (Å²) in [4.78, 5) is 17.0. The Morgan fingerprint density at radius 2 is 2.47 bits per heavy atom. The van der Waals surface area contributed by atoms with E-state index in [2.05, 4.69) is 39.8 Å². The summed E-state index contributed by atoms with van der Waals surface area (Å²) in [5.74, 6) is 0.104. The molecule has 5 heteroatoms. The van der Waals surface area contributed by atoms with Gasteiger partial charge in [0, 0.05) is 35.4 Å². The molecule has 0 spiro atoms. The predicted molar refractivity (Wildman–Crippen MR) is 66.9 cm³/mol. The van der Waals surface area contributed by atoms with Crippen LogP contribution in [0.1, 0.15) is 17.4 Å². The van der Waals surface area contributed by atoms with Gasteiger partial charge in [-0.05, 0) is 35.6 Å². The first-order valence-corrected chi connectivity index (χ1v) is 6.12. The van der Waals surface area contributed by atoms with E-state index in [0.717, 1.165) is 23.2 Å². The first-order valence-electron chi connectivity index (χ1n) is 5.04. The quantitative estimate of drug-likeness (QED) is 0.761. The SMILES string of the molecule is C[C@H]1CNCCN1C(=O)c1cc(I)c[nH]1. The van der Waals surface area contributed by atoms with Gasteiger partial charge in [0.25, 0.3) is 5.91 Å². The van der Waals surface area contributed by atoms with Crippen LogP contribution in [0.3, 0.4) is 0 Å². The van der Waals surface area contributed by atoms with Crippen molar-refractivity contribution in [1.29, 1.82) is 0 Å². The van der Waals surface area contributed by atoms with Crippen LogP contribution < -0.4 is 5.32 Å². The molecular weight excluding hydrogens is 305 g/mol. The van der Waals surface area contributed by atoms with Gasteiger partial charge in [-0.2, -0.15) is 0 Å². The summed E-state index contributed by atoms with van der Waals surface area (Å²) < 4.78 is 1.07. The maximum Gasteiger partial charge on any atom is 0.270 e. The minimum atomic E-state index is 0.104. The molecule has 0 unspecified atom stereocenters. The van der Waals surface area contributed by atoms with Crippen molar-refractivity contribution < 1.29 is 4.79 Å². The first kappa shape index (κ1) is 10.9. The zero-order valence-electron chi connectivity index (χ0n) is 8.59. The minimum Gasteiger partial charge on any atom is -0.356 e. The normalized spacial score (nSPS) is 21.7. The lowest BCUT2D eigenvalue weighted by atomic mass is 10.2. The Hall–Kier alpha value is -0.560. The molecule has 0 aromatic carbocycles. The van der Waals surface area contributed by atoms with Gasteiger partial charge in [-0.15, -0.1) is 0 Å². The molecule has 1 atom stereocenters. The van der Waals surface area contributed by atoms with Crippen LogP contribution in [0.5, 0.6) is 0 Å². The average molecular weight is 319 g/mol. The molecule has 1 aliphatic rings. The first-order chi connectivity index (χ1) is 7.18. The molecule has 1 saturated heterocycles. The number of nitrogens with one attached hydrogen (secondary N) is 2. The molecule has 0 aliphatic carbocycles. The Balaban J connectivity index is 2.13. The molecular formula is C10H14IN3O. The van der Waals surface area contributed by atoms with Gasteiger partial charge in [-0.3, -0.25) is 4.79 Å². The summed E-state index contributed by atoms with van der Waals surface area (Å²) in [6.45, 7) is 4.62. The van der Waals surface area contributed by atoms with Gasteiger partial charge in [0.1, 0.15) is 5.69 Å². The van der Waals surface area contributed by atoms with Gasteiger partial charge < -0.3 is 15.2 Å². The molecule has 1 fully saturated rings. The number of hydrogen-bond acceptors (Lipinski definition) is 2. The van der Waals surface area contributed by atoms with E-state index in [-0.39, 0.29) is 11.9 Å². The van der Waals surface area contributed by atoms with E-state index in [4.69, 9.17) is 0 Å². The van der Waals surface area contributed by atoms with Gasteiger partial charge in [0.15, 0.2) is 0 Å². The fraction of sp³-hybridized carbons (Fsp3) is 0.500. The number of piperazine rings is 1. The lowest BCUT2D eigenvalue weighted by Crippen LogP contribution is -2.52. The lowest BCUT2D eigenvalue weighted by Gasteiger charge is -2.33. The lowest BCUT2D eigenvalue weighted by molar-refractivity contribution is 0.0650. The third-order valence-electron chi connectivity index (χ3n) is 2.64. The standard InChI is InChI=1S/C10H14IN3O/c1-7-5-12-2-3-14(7)10(15)9-4-8(11)6-13-9/h4,6-7,12-13H,2-3,5H2,1H3/t7-/m0/s1. The summed E-state index contributed by atoms with van der Waals surface area (Å²) in [6.07, 6.45) is 1.85. The zero-order valence-corrected chi connectivity index (χ0v) is 10.7. The highest BCUT2D eigenvalue weighted by molar-refractivity contribution is 14.1. The highest BCUT2D eigenvalue weighted by atomic mass is 127. The van der Waals surface area contributed by atoms with Crippen molar-refractivity contribution in [3.8, 4) is 0 Å². The molecule has 2 rings (SSSR count). The number of hydrogen-bond donors (Lipinski definition) is 2. The van der Waals surface area contributed by atoms with Crippen LogP contribution in [0.25, 0.3) is 0 Å². The molecule has 82 valence electrons. The van der Waals surface area contributed by atoms with E-state index in [0.29, 0.717) is 5.69 Å². The highest BCUT2D eigenvalue weighted by Crippen LogP contribution is 2.12. The van der Waals surface area contributed by atoms with Gasteiger partial charge in [0.05, 0.1) is 0 Å². The summed E-state index contributed by atoms with van der Waals surface area (Å²) in [5.41, 5.74) is 0.688. The van der Waals surface area contributed by atoms with Gasteiger partial charge >= 0.3 is 0 Å². The van der Waals surface area contributed by atoms with Crippen LogP contribution in [0, 0.1) is 3.57 Å². The van der Waals surface area contributed by atoms with E-state index in [1.165, 1.54) is 0 Å². The van der Waals surface area contributed by atoms with E-state index in [9.17, 15) is 4.79 Å². The topological polar surface area (TPSA) is 48.1 Å². The summed E-state index contributed by atoms with van der Waals surface area (Å²) >= 11 is 2.20. The number of amides is 1.